The molecule has 1 N–H and O–H groups in total. The second-order valence-electron chi connectivity index (χ2n) is 10.5. The fraction of sp³-hybridized carbons (Fsp3) is 0.667. The summed E-state index contributed by atoms with van der Waals surface area (Å²) in [5, 5.41) is 2.99. The maximum Gasteiger partial charge on any atom is 0.322 e. The topological polar surface area (TPSA) is 76.2 Å². The molecule has 3 saturated heterocycles. The van der Waals surface area contributed by atoms with Crippen LogP contribution in [-0.4, -0.2) is 88.8 Å². The standard InChI is InChI=1S/C27H39N5O3/c33-25(30-16-10-22(11-17-30)29-14-4-1-5-15-29)8-9-26(34)31-18-12-23(13-19-31)32-20-21-6-2-3-7-24(21)28-27(32)35/h2-3,6-7,22-23H,1,4-5,8-20H2,(H,28,35). The zero-order chi connectivity index (χ0) is 24.2. The average Bonchev–Trinajstić information content (AvgIpc) is 2.92. The Hall–Kier alpha value is -2.61. The van der Waals surface area contributed by atoms with Crippen molar-refractivity contribution in [3.63, 3.8) is 0 Å². The fourth-order valence-electron chi connectivity index (χ4n) is 6.24. The molecule has 4 heterocycles. The fourth-order valence-corrected chi connectivity index (χ4v) is 6.24. The molecule has 4 aliphatic rings. The highest BCUT2D eigenvalue weighted by molar-refractivity contribution is 5.92. The van der Waals surface area contributed by atoms with Gasteiger partial charge < -0.3 is 24.9 Å². The van der Waals surface area contributed by atoms with Crippen LogP contribution in [-0.2, 0) is 16.1 Å². The molecule has 1 aromatic rings. The molecule has 8 heteroatoms. The SMILES string of the molecule is O=C(CCC(=O)N1CCC(N2Cc3ccccc3NC2=O)CC1)N1CCC(N2CCCCC2)CC1. The summed E-state index contributed by atoms with van der Waals surface area (Å²) < 4.78 is 0. The van der Waals surface area contributed by atoms with Crippen molar-refractivity contribution in [1.82, 2.24) is 19.6 Å². The summed E-state index contributed by atoms with van der Waals surface area (Å²) in [7, 11) is 0. The molecule has 4 amide bonds. The van der Waals surface area contributed by atoms with Gasteiger partial charge in [0, 0.05) is 63.3 Å². The molecule has 35 heavy (non-hydrogen) atoms. The zero-order valence-electron chi connectivity index (χ0n) is 20.8. The van der Waals surface area contributed by atoms with Crippen molar-refractivity contribution < 1.29 is 14.4 Å². The van der Waals surface area contributed by atoms with Crippen molar-refractivity contribution >= 4 is 23.5 Å². The number of carbonyl (C=O) groups excluding carboxylic acids is 3. The third-order valence-electron chi connectivity index (χ3n) is 8.40. The Morgan fingerprint density at radius 3 is 1.97 bits per heavy atom. The third kappa shape index (κ3) is 5.63. The minimum absolute atomic E-state index is 0.0527. The minimum atomic E-state index is -0.0527. The van der Waals surface area contributed by atoms with Crippen LogP contribution in [0.4, 0.5) is 10.5 Å². The highest BCUT2D eigenvalue weighted by Gasteiger charge is 2.33. The van der Waals surface area contributed by atoms with Crippen molar-refractivity contribution in [1.29, 1.82) is 0 Å². The Balaban J connectivity index is 1.03. The maximum absolute atomic E-state index is 12.8. The molecule has 5 rings (SSSR count). The lowest BCUT2D eigenvalue weighted by Crippen LogP contribution is -2.51. The number of hydrogen-bond donors (Lipinski definition) is 1. The van der Waals surface area contributed by atoms with E-state index < -0.39 is 0 Å². The van der Waals surface area contributed by atoms with Gasteiger partial charge in [-0.3, -0.25) is 9.59 Å². The Bertz CT molecular complexity index is 915. The Morgan fingerprint density at radius 2 is 1.34 bits per heavy atom. The van der Waals surface area contributed by atoms with E-state index in [2.05, 4.69) is 10.2 Å². The van der Waals surface area contributed by atoms with Gasteiger partial charge in [-0.25, -0.2) is 4.79 Å². The summed E-state index contributed by atoms with van der Waals surface area (Å²) in [5.74, 6) is 0.183. The number of fused-ring (bicyclic) bond motifs is 1. The van der Waals surface area contributed by atoms with Crippen LogP contribution in [0, 0.1) is 0 Å². The number of nitrogens with one attached hydrogen (secondary N) is 1. The summed E-state index contributed by atoms with van der Waals surface area (Å²) >= 11 is 0. The lowest BCUT2D eigenvalue weighted by molar-refractivity contribution is -0.138. The Labute approximate surface area is 208 Å². The molecule has 8 nitrogen and oxygen atoms in total. The number of para-hydroxylation sites is 1. The predicted octanol–water partition coefficient (Wildman–Crippen LogP) is 3.28. The second-order valence-corrected chi connectivity index (χ2v) is 10.5. The Kier molecular flexibility index (Phi) is 7.56. The number of anilines is 1. The van der Waals surface area contributed by atoms with E-state index in [0.717, 1.165) is 50.0 Å². The van der Waals surface area contributed by atoms with Crippen LogP contribution in [0.25, 0.3) is 0 Å². The molecule has 0 bridgehead atoms. The Morgan fingerprint density at radius 1 is 0.771 bits per heavy atom. The molecule has 3 fully saturated rings. The van der Waals surface area contributed by atoms with Crippen LogP contribution in [0.5, 0.6) is 0 Å². The van der Waals surface area contributed by atoms with Gasteiger partial charge in [0.15, 0.2) is 0 Å². The van der Waals surface area contributed by atoms with Crippen LogP contribution in [0.1, 0.15) is 63.4 Å². The highest BCUT2D eigenvalue weighted by atomic mass is 16.2. The molecule has 1 aromatic carbocycles. The summed E-state index contributed by atoms with van der Waals surface area (Å²) in [4.78, 5) is 46.5. The maximum atomic E-state index is 12.8. The number of benzene rings is 1. The van der Waals surface area contributed by atoms with Gasteiger partial charge >= 0.3 is 6.03 Å². The average molecular weight is 482 g/mol. The van der Waals surface area contributed by atoms with Crippen LogP contribution in [0.15, 0.2) is 24.3 Å². The molecule has 0 aromatic heterocycles. The van der Waals surface area contributed by atoms with Gasteiger partial charge in [0.2, 0.25) is 11.8 Å². The van der Waals surface area contributed by atoms with Gasteiger partial charge in [0.25, 0.3) is 0 Å². The van der Waals surface area contributed by atoms with E-state index in [0.29, 0.717) is 32.1 Å². The molecule has 0 aliphatic carbocycles. The van der Waals surface area contributed by atoms with E-state index in [1.807, 2.05) is 39.0 Å². The van der Waals surface area contributed by atoms with Gasteiger partial charge in [-0.1, -0.05) is 24.6 Å². The molecular formula is C27H39N5O3. The van der Waals surface area contributed by atoms with E-state index >= 15 is 0 Å². The van der Waals surface area contributed by atoms with Crippen molar-refractivity contribution in [2.45, 2.75) is 76.4 Å². The van der Waals surface area contributed by atoms with E-state index in [1.165, 1.54) is 32.4 Å². The summed E-state index contributed by atoms with van der Waals surface area (Å²) in [5.41, 5.74) is 2.02. The second kappa shape index (κ2) is 11.0. The van der Waals surface area contributed by atoms with Gasteiger partial charge in [-0.05, 0) is 63.2 Å². The zero-order valence-corrected chi connectivity index (χ0v) is 20.8. The highest BCUT2D eigenvalue weighted by Crippen LogP contribution is 2.28. The van der Waals surface area contributed by atoms with Crippen molar-refractivity contribution in [2.24, 2.45) is 0 Å². The number of piperidine rings is 3. The number of likely N-dealkylation sites (tertiary alicyclic amines) is 3. The summed E-state index contributed by atoms with van der Waals surface area (Å²) in [6, 6.07) is 8.61. The molecule has 0 saturated carbocycles. The normalized spacial score (nSPS) is 22.6. The number of carbonyl (C=O) groups is 3. The monoisotopic (exact) mass is 481 g/mol. The van der Waals surface area contributed by atoms with E-state index in [9.17, 15) is 14.4 Å². The van der Waals surface area contributed by atoms with Crippen LogP contribution >= 0.6 is 0 Å². The van der Waals surface area contributed by atoms with E-state index in [1.54, 1.807) is 0 Å². The van der Waals surface area contributed by atoms with Crippen molar-refractivity contribution in [2.75, 3.05) is 44.6 Å². The first-order valence-electron chi connectivity index (χ1n) is 13.5. The molecule has 0 radical (unpaired) electrons. The first-order valence-corrected chi connectivity index (χ1v) is 13.5. The van der Waals surface area contributed by atoms with Crippen molar-refractivity contribution in [3.05, 3.63) is 29.8 Å². The first-order chi connectivity index (χ1) is 17.1. The smallest absolute Gasteiger partial charge is 0.322 e. The lowest BCUT2D eigenvalue weighted by Gasteiger charge is -2.41. The van der Waals surface area contributed by atoms with Gasteiger partial charge in [-0.2, -0.15) is 0 Å². The molecule has 0 unspecified atom stereocenters. The molecule has 0 atom stereocenters. The van der Waals surface area contributed by atoms with Crippen molar-refractivity contribution in [3.8, 4) is 0 Å². The summed E-state index contributed by atoms with van der Waals surface area (Å²) in [6.07, 6.45) is 8.21. The van der Waals surface area contributed by atoms with Crippen LogP contribution in [0.3, 0.4) is 0 Å². The third-order valence-corrected chi connectivity index (χ3v) is 8.40. The summed E-state index contributed by atoms with van der Waals surface area (Å²) in [6.45, 7) is 5.96. The van der Waals surface area contributed by atoms with Gasteiger partial charge in [0.05, 0.1) is 0 Å². The number of urea groups is 1. The first kappa shape index (κ1) is 24.1. The molecule has 4 aliphatic heterocycles. The minimum Gasteiger partial charge on any atom is -0.343 e. The number of amides is 4. The van der Waals surface area contributed by atoms with Crippen LogP contribution in [0.2, 0.25) is 0 Å². The quantitative estimate of drug-likeness (QED) is 0.700. The molecule has 0 spiro atoms. The largest absolute Gasteiger partial charge is 0.343 e. The number of rotatable bonds is 5. The van der Waals surface area contributed by atoms with E-state index in [-0.39, 0.29) is 30.3 Å². The van der Waals surface area contributed by atoms with Gasteiger partial charge in [0.1, 0.15) is 0 Å². The predicted molar refractivity (Wildman–Crippen MR) is 135 cm³/mol. The lowest BCUT2D eigenvalue weighted by atomic mass is 9.99. The van der Waals surface area contributed by atoms with E-state index in [4.69, 9.17) is 0 Å². The van der Waals surface area contributed by atoms with Gasteiger partial charge in [-0.15, -0.1) is 0 Å². The molecule has 190 valence electrons. The number of nitrogens with zero attached hydrogens (tertiary/aromatic N) is 4. The van der Waals surface area contributed by atoms with Crippen LogP contribution < -0.4 is 5.32 Å². The molecular weight excluding hydrogens is 442 g/mol. The number of hydrogen-bond acceptors (Lipinski definition) is 4.